The maximum Gasteiger partial charge on any atom is 0.259 e. The van der Waals surface area contributed by atoms with Crippen LogP contribution >= 0.6 is 0 Å². The van der Waals surface area contributed by atoms with Gasteiger partial charge in [-0.1, -0.05) is 45.2 Å². The van der Waals surface area contributed by atoms with Crippen LogP contribution in [0.3, 0.4) is 0 Å². The molecule has 0 saturated heterocycles. The Hall–Kier alpha value is -1.64. The zero-order valence-electron chi connectivity index (χ0n) is 8.99. The predicted molar refractivity (Wildman–Crippen MR) is 58.7 cm³/mol. The minimum absolute atomic E-state index is 0.347. The Bertz CT molecular complexity index is 242. The zero-order valence-corrected chi connectivity index (χ0v) is 8.99. The fraction of sp³-hybridized carbons (Fsp3) is 0.273. The summed E-state index contributed by atoms with van der Waals surface area (Å²) < 4.78 is 0. The van der Waals surface area contributed by atoms with Crippen molar-refractivity contribution in [3.8, 4) is 0 Å². The summed E-state index contributed by atoms with van der Waals surface area (Å²) in [6, 6.07) is 0. The molecule has 2 amide bonds. The molecule has 0 unspecified atom stereocenters. The van der Waals surface area contributed by atoms with Crippen LogP contribution in [0.15, 0.2) is 37.0 Å². The van der Waals surface area contributed by atoms with Crippen LogP contribution in [0.5, 0.6) is 0 Å². The molecule has 0 aliphatic carbocycles. The molecule has 0 N–H and O–H groups in total. The van der Waals surface area contributed by atoms with Crippen molar-refractivity contribution in [2.75, 3.05) is 7.05 Å². The molecule has 78 valence electrons. The van der Waals surface area contributed by atoms with E-state index in [4.69, 9.17) is 0 Å². The second-order valence-electron chi connectivity index (χ2n) is 2.08. The Morgan fingerprint density at radius 3 is 2.07 bits per heavy atom. The van der Waals surface area contributed by atoms with Gasteiger partial charge >= 0.3 is 0 Å². The van der Waals surface area contributed by atoms with Crippen molar-refractivity contribution in [1.82, 2.24) is 4.90 Å². The fourth-order valence-corrected chi connectivity index (χ4v) is 0.605. The van der Waals surface area contributed by atoms with Crippen LogP contribution in [0.25, 0.3) is 0 Å². The first-order valence-electron chi connectivity index (χ1n) is 4.35. The third-order valence-corrected chi connectivity index (χ3v) is 1.24. The Labute approximate surface area is 85.4 Å². The fourth-order valence-electron chi connectivity index (χ4n) is 0.605. The van der Waals surface area contributed by atoms with Gasteiger partial charge in [-0.25, -0.2) is 0 Å². The predicted octanol–water partition coefficient (Wildman–Crippen LogP) is 1.93. The summed E-state index contributed by atoms with van der Waals surface area (Å²) in [7, 11) is 1.38. The van der Waals surface area contributed by atoms with Crippen molar-refractivity contribution >= 4 is 12.3 Å². The van der Waals surface area contributed by atoms with Gasteiger partial charge in [0.05, 0.1) is 0 Å². The first-order chi connectivity index (χ1) is 6.67. The van der Waals surface area contributed by atoms with E-state index in [1.165, 1.54) is 25.3 Å². The molecular formula is C11H17NO2. The Morgan fingerprint density at radius 1 is 1.29 bits per heavy atom. The van der Waals surface area contributed by atoms with E-state index in [2.05, 4.69) is 13.2 Å². The first-order valence-corrected chi connectivity index (χ1v) is 4.35. The number of imide groups is 1. The molecule has 0 aliphatic rings. The average Bonchev–Trinajstić information content (AvgIpc) is 2.26. The largest absolute Gasteiger partial charge is 0.284 e. The summed E-state index contributed by atoms with van der Waals surface area (Å²) in [5.41, 5.74) is 0.347. The molecule has 3 nitrogen and oxygen atoms in total. The lowest BCUT2D eigenvalue weighted by Crippen LogP contribution is -2.25. The molecule has 0 aromatic rings. The topological polar surface area (TPSA) is 37.4 Å². The minimum atomic E-state index is -0.389. The molecule has 0 atom stereocenters. The van der Waals surface area contributed by atoms with Crippen molar-refractivity contribution in [3.05, 3.63) is 37.0 Å². The SMILES string of the molecule is C=C/C=C(\C=C)C(=O)N(C)C=O.CC. The second kappa shape index (κ2) is 9.45. The Balaban J connectivity index is 0. The van der Waals surface area contributed by atoms with E-state index in [1.54, 1.807) is 0 Å². The minimum Gasteiger partial charge on any atom is -0.284 e. The zero-order chi connectivity index (χ0) is 11.6. The normalized spacial score (nSPS) is 9.21. The molecule has 14 heavy (non-hydrogen) atoms. The van der Waals surface area contributed by atoms with Gasteiger partial charge in [0.2, 0.25) is 6.41 Å². The van der Waals surface area contributed by atoms with Crippen LogP contribution in [0, 0.1) is 0 Å². The maximum absolute atomic E-state index is 11.2. The number of hydrogen-bond donors (Lipinski definition) is 0. The van der Waals surface area contributed by atoms with Crippen molar-refractivity contribution in [2.45, 2.75) is 13.8 Å². The van der Waals surface area contributed by atoms with E-state index < -0.39 is 0 Å². The first kappa shape index (κ1) is 14.9. The number of allylic oxidation sites excluding steroid dienone is 2. The highest BCUT2D eigenvalue weighted by atomic mass is 16.2. The summed E-state index contributed by atoms with van der Waals surface area (Å²) in [4.78, 5) is 22.3. The highest BCUT2D eigenvalue weighted by Crippen LogP contribution is 1.99. The van der Waals surface area contributed by atoms with Gasteiger partial charge in [0.1, 0.15) is 0 Å². The monoisotopic (exact) mass is 195 g/mol. The number of carbonyl (C=O) groups is 2. The number of nitrogens with zero attached hydrogens (tertiary/aromatic N) is 1. The smallest absolute Gasteiger partial charge is 0.259 e. The van der Waals surface area contributed by atoms with E-state index in [0.717, 1.165) is 4.90 Å². The van der Waals surface area contributed by atoms with Crippen LogP contribution in [-0.2, 0) is 9.59 Å². The number of carbonyl (C=O) groups excluding carboxylic acids is 2. The third-order valence-electron chi connectivity index (χ3n) is 1.24. The van der Waals surface area contributed by atoms with Crippen molar-refractivity contribution in [3.63, 3.8) is 0 Å². The molecule has 3 heteroatoms. The molecule has 0 bridgehead atoms. The van der Waals surface area contributed by atoms with E-state index >= 15 is 0 Å². The maximum atomic E-state index is 11.2. The quantitative estimate of drug-likeness (QED) is 0.390. The molecule has 0 radical (unpaired) electrons. The van der Waals surface area contributed by atoms with Gasteiger partial charge in [0.15, 0.2) is 0 Å². The Morgan fingerprint density at radius 2 is 1.79 bits per heavy atom. The van der Waals surface area contributed by atoms with Gasteiger partial charge in [-0.15, -0.1) is 0 Å². The van der Waals surface area contributed by atoms with Crippen LogP contribution in [0.4, 0.5) is 0 Å². The van der Waals surface area contributed by atoms with Gasteiger partial charge in [-0.2, -0.15) is 0 Å². The van der Waals surface area contributed by atoms with Gasteiger partial charge < -0.3 is 0 Å². The van der Waals surface area contributed by atoms with E-state index in [-0.39, 0.29) is 5.91 Å². The molecular weight excluding hydrogens is 178 g/mol. The van der Waals surface area contributed by atoms with Gasteiger partial charge in [0, 0.05) is 12.6 Å². The highest BCUT2D eigenvalue weighted by Gasteiger charge is 2.09. The van der Waals surface area contributed by atoms with Crippen LogP contribution in [0.1, 0.15) is 13.8 Å². The average molecular weight is 195 g/mol. The van der Waals surface area contributed by atoms with E-state index in [0.29, 0.717) is 12.0 Å². The molecule has 0 saturated carbocycles. The van der Waals surface area contributed by atoms with Crippen molar-refractivity contribution in [2.24, 2.45) is 0 Å². The van der Waals surface area contributed by atoms with Crippen LogP contribution < -0.4 is 0 Å². The van der Waals surface area contributed by atoms with Gasteiger partial charge in [-0.05, 0) is 0 Å². The summed E-state index contributed by atoms with van der Waals surface area (Å²) in [5, 5.41) is 0. The third kappa shape index (κ3) is 5.09. The number of rotatable bonds is 4. The Kier molecular flexibility index (Phi) is 10.0. The summed E-state index contributed by atoms with van der Waals surface area (Å²) >= 11 is 0. The number of likely N-dealkylation sites (N-methyl/N-ethyl adjacent to an activating group) is 1. The molecule has 0 heterocycles. The summed E-state index contributed by atoms with van der Waals surface area (Å²) in [6.45, 7) is 10.9. The molecule has 0 fully saturated rings. The van der Waals surface area contributed by atoms with Crippen LogP contribution in [-0.4, -0.2) is 24.3 Å². The summed E-state index contributed by atoms with van der Waals surface area (Å²) in [6.07, 6.45) is 4.79. The molecule has 0 spiro atoms. The molecule has 0 aliphatic heterocycles. The van der Waals surface area contributed by atoms with Crippen LogP contribution in [0.2, 0.25) is 0 Å². The van der Waals surface area contributed by atoms with Crippen molar-refractivity contribution < 1.29 is 9.59 Å². The molecule has 0 rings (SSSR count). The highest BCUT2D eigenvalue weighted by molar-refractivity contribution is 6.01. The molecule has 0 aromatic carbocycles. The van der Waals surface area contributed by atoms with Gasteiger partial charge in [-0.3, -0.25) is 14.5 Å². The lowest BCUT2D eigenvalue weighted by molar-refractivity contribution is -0.133. The molecule has 0 aromatic heterocycles. The van der Waals surface area contributed by atoms with E-state index in [9.17, 15) is 9.59 Å². The lowest BCUT2D eigenvalue weighted by Gasteiger charge is -2.07. The second-order valence-corrected chi connectivity index (χ2v) is 2.08. The van der Waals surface area contributed by atoms with Crippen molar-refractivity contribution in [1.29, 1.82) is 0 Å². The standard InChI is InChI=1S/C9H11NO2.C2H6/c1-4-6-8(5-2)9(12)10(3)7-11;1-2/h4-7H,1-2H2,3H3;1-2H3/b8-6+;. The number of amides is 2. The number of hydrogen-bond acceptors (Lipinski definition) is 2. The lowest BCUT2D eigenvalue weighted by atomic mass is 10.2. The summed E-state index contributed by atoms with van der Waals surface area (Å²) in [5.74, 6) is -0.389. The van der Waals surface area contributed by atoms with Gasteiger partial charge in [0.25, 0.3) is 5.91 Å². The van der Waals surface area contributed by atoms with E-state index in [1.807, 2.05) is 13.8 Å².